The summed E-state index contributed by atoms with van der Waals surface area (Å²) in [7, 11) is 0. The zero-order chi connectivity index (χ0) is 15.2. The fourth-order valence-corrected chi connectivity index (χ4v) is 2.66. The van der Waals surface area contributed by atoms with Gasteiger partial charge in [0.25, 0.3) is 0 Å². The first-order valence-corrected chi connectivity index (χ1v) is 7.54. The molecule has 5 heteroatoms. The van der Waals surface area contributed by atoms with E-state index in [1.165, 1.54) is 0 Å². The van der Waals surface area contributed by atoms with Gasteiger partial charge in [-0.3, -0.25) is 9.59 Å². The van der Waals surface area contributed by atoms with Crippen LogP contribution in [-0.2, 0) is 9.59 Å². The molecule has 0 heterocycles. The van der Waals surface area contributed by atoms with E-state index >= 15 is 0 Å². The van der Waals surface area contributed by atoms with Gasteiger partial charge in [0.15, 0.2) is 0 Å². The summed E-state index contributed by atoms with van der Waals surface area (Å²) in [6, 6.07) is 0. The van der Waals surface area contributed by atoms with Crippen molar-refractivity contribution in [2.45, 2.75) is 58.4 Å². The Labute approximate surface area is 121 Å². The third kappa shape index (κ3) is 6.37. The molecule has 1 saturated carbocycles. The van der Waals surface area contributed by atoms with Gasteiger partial charge in [0.05, 0.1) is 5.92 Å². The quantitative estimate of drug-likeness (QED) is 0.694. The van der Waals surface area contributed by atoms with Crippen molar-refractivity contribution in [1.82, 2.24) is 10.6 Å². The molecule has 2 atom stereocenters. The van der Waals surface area contributed by atoms with Gasteiger partial charge in [-0.2, -0.15) is 0 Å². The molecule has 1 aliphatic rings. The van der Waals surface area contributed by atoms with Crippen LogP contribution in [0.3, 0.4) is 0 Å². The average molecular weight is 284 g/mol. The lowest BCUT2D eigenvalue weighted by Crippen LogP contribution is -2.40. The smallest absolute Gasteiger partial charge is 0.306 e. The summed E-state index contributed by atoms with van der Waals surface area (Å²) in [4.78, 5) is 22.9. The molecule has 1 fully saturated rings. The number of hydrogen-bond acceptors (Lipinski definition) is 3. The fraction of sp³-hybridized carbons (Fsp3) is 0.867. The van der Waals surface area contributed by atoms with E-state index < -0.39 is 5.97 Å². The highest BCUT2D eigenvalue weighted by atomic mass is 16.4. The lowest BCUT2D eigenvalue weighted by atomic mass is 9.79. The third-order valence-electron chi connectivity index (χ3n) is 3.80. The summed E-state index contributed by atoms with van der Waals surface area (Å²) >= 11 is 0. The van der Waals surface area contributed by atoms with Crippen molar-refractivity contribution in [3.63, 3.8) is 0 Å². The van der Waals surface area contributed by atoms with Gasteiger partial charge in [-0.1, -0.05) is 12.8 Å². The second-order valence-corrected chi connectivity index (χ2v) is 6.72. The second-order valence-electron chi connectivity index (χ2n) is 6.72. The van der Waals surface area contributed by atoms with Crippen LogP contribution in [0.4, 0.5) is 0 Å². The second kappa shape index (κ2) is 7.62. The summed E-state index contributed by atoms with van der Waals surface area (Å²) in [6.45, 7) is 7.31. The molecule has 0 aromatic carbocycles. The first-order valence-electron chi connectivity index (χ1n) is 7.54. The molecule has 0 aromatic heterocycles. The van der Waals surface area contributed by atoms with Crippen LogP contribution < -0.4 is 10.6 Å². The summed E-state index contributed by atoms with van der Waals surface area (Å²) in [5, 5.41) is 15.3. The average Bonchev–Trinajstić information content (AvgIpc) is 2.35. The van der Waals surface area contributed by atoms with Gasteiger partial charge in [-0.15, -0.1) is 0 Å². The molecule has 1 aliphatic carbocycles. The lowest BCUT2D eigenvalue weighted by Gasteiger charge is -2.28. The normalized spacial score (nSPS) is 23.4. The minimum Gasteiger partial charge on any atom is -0.481 e. The Balaban J connectivity index is 2.27. The maximum Gasteiger partial charge on any atom is 0.306 e. The van der Waals surface area contributed by atoms with Crippen LogP contribution in [0.5, 0.6) is 0 Å². The van der Waals surface area contributed by atoms with Crippen molar-refractivity contribution < 1.29 is 14.7 Å². The number of carboxylic acid groups (broad SMARTS) is 1. The van der Waals surface area contributed by atoms with Crippen LogP contribution in [0.15, 0.2) is 0 Å². The van der Waals surface area contributed by atoms with Crippen molar-refractivity contribution in [3.8, 4) is 0 Å². The van der Waals surface area contributed by atoms with E-state index in [0.29, 0.717) is 19.5 Å². The molecule has 5 nitrogen and oxygen atoms in total. The lowest BCUT2D eigenvalue weighted by molar-refractivity contribution is -0.145. The summed E-state index contributed by atoms with van der Waals surface area (Å²) in [6.07, 6.45) is 4.12. The number of nitrogens with one attached hydrogen (secondary N) is 2. The van der Waals surface area contributed by atoms with E-state index in [-0.39, 0.29) is 23.3 Å². The predicted molar refractivity (Wildman–Crippen MR) is 78.5 cm³/mol. The van der Waals surface area contributed by atoms with Crippen molar-refractivity contribution in [1.29, 1.82) is 0 Å². The Morgan fingerprint density at radius 1 is 1.20 bits per heavy atom. The largest absolute Gasteiger partial charge is 0.481 e. The molecule has 0 aliphatic heterocycles. The number of carbonyl (C=O) groups is 2. The minimum atomic E-state index is -0.724. The molecule has 0 radical (unpaired) electrons. The zero-order valence-corrected chi connectivity index (χ0v) is 12.9. The van der Waals surface area contributed by atoms with Crippen LogP contribution >= 0.6 is 0 Å². The van der Waals surface area contributed by atoms with Gasteiger partial charge >= 0.3 is 5.97 Å². The van der Waals surface area contributed by atoms with E-state index in [1.807, 2.05) is 0 Å². The highest BCUT2D eigenvalue weighted by molar-refractivity contribution is 5.76. The Kier molecular flexibility index (Phi) is 6.46. The number of carboxylic acids is 1. The summed E-state index contributed by atoms with van der Waals surface area (Å²) < 4.78 is 0. The Morgan fingerprint density at radius 3 is 2.45 bits per heavy atom. The molecule has 20 heavy (non-hydrogen) atoms. The predicted octanol–water partition coefficient (Wildman–Crippen LogP) is 1.77. The van der Waals surface area contributed by atoms with E-state index in [0.717, 1.165) is 25.7 Å². The van der Waals surface area contributed by atoms with Crippen LogP contribution in [0.2, 0.25) is 0 Å². The van der Waals surface area contributed by atoms with Crippen LogP contribution in [0.1, 0.15) is 52.9 Å². The van der Waals surface area contributed by atoms with Crippen molar-refractivity contribution >= 4 is 11.9 Å². The first kappa shape index (κ1) is 17.0. The standard InChI is InChI=1S/C15H28N2O3/c1-15(2,3)17-9-8-13(18)16-10-11-6-4-5-7-12(11)14(19)20/h11-12,17H,4-10H2,1-3H3,(H,16,18)(H,19,20). The molecule has 116 valence electrons. The van der Waals surface area contributed by atoms with Gasteiger partial charge in [-0.25, -0.2) is 0 Å². The molecule has 3 N–H and O–H groups in total. The highest BCUT2D eigenvalue weighted by Crippen LogP contribution is 2.29. The zero-order valence-electron chi connectivity index (χ0n) is 12.9. The van der Waals surface area contributed by atoms with Gasteiger partial charge in [0, 0.05) is 25.0 Å². The molecule has 1 rings (SSSR count). The van der Waals surface area contributed by atoms with E-state index in [2.05, 4.69) is 31.4 Å². The topological polar surface area (TPSA) is 78.4 Å². The summed E-state index contributed by atoms with van der Waals surface area (Å²) in [5.41, 5.74) is 0.0120. The molecule has 0 spiro atoms. The maximum absolute atomic E-state index is 11.7. The molecule has 1 amide bonds. The molecular weight excluding hydrogens is 256 g/mol. The minimum absolute atomic E-state index is 0.00328. The Morgan fingerprint density at radius 2 is 1.85 bits per heavy atom. The fourth-order valence-electron chi connectivity index (χ4n) is 2.66. The molecular formula is C15H28N2O3. The van der Waals surface area contributed by atoms with Gasteiger partial charge < -0.3 is 15.7 Å². The van der Waals surface area contributed by atoms with Crippen molar-refractivity contribution in [3.05, 3.63) is 0 Å². The van der Waals surface area contributed by atoms with Crippen molar-refractivity contribution in [2.75, 3.05) is 13.1 Å². The molecule has 0 bridgehead atoms. The Hall–Kier alpha value is -1.10. The van der Waals surface area contributed by atoms with Crippen LogP contribution in [0, 0.1) is 11.8 Å². The monoisotopic (exact) mass is 284 g/mol. The van der Waals surface area contributed by atoms with E-state index in [4.69, 9.17) is 0 Å². The van der Waals surface area contributed by atoms with Gasteiger partial charge in [-0.05, 0) is 39.5 Å². The van der Waals surface area contributed by atoms with Gasteiger partial charge in [0.2, 0.25) is 5.91 Å². The SMILES string of the molecule is CC(C)(C)NCCC(=O)NCC1CCCCC1C(=O)O. The maximum atomic E-state index is 11.7. The number of carbonyl (C=O) groups excluding carboxylic acids is 1. The Bertz CT molecular complexity index is 337. The number of rotatable bonds is 6. The number of aliphatic carboxylic acids is 1. The first-order chi connectivity index (χ1) is 9.29. The van der Waals surface area contributed by atoms with E-state index in [1.54, 1.807) is 0 Å². The van der Waals surface area contributed by atoms with Gasteiger partial charge in [0.1, 0.15) is 0 Å². The summed E-state index contributed by atoms with van der Waals surface area (Å²) in [5.74, 6) is -0.938. The van der Waals surface area contributed by atoms with Crippen LogP contribution in [0.25, 0.3) is 0 Å². The number of hydrogen-bond donors (Lipinski definition) is 3. The highest BCUT2D eigenvalue weighted by Gasteiger charge is 2.30. The van der Waals surface area contributed by atoms with E-state index in [9.17, 15) is 14.7 Å². The number of amides is 1. The third-order valence-corrected chi connectivity index (χ3v) is 3.80. The van der Waals surface area contributed by atoms with Crippen LogP contribution in [-0.4, -0.2) is 35.6 Å². The molecule has 0 saturated heterocycles. The molecule has 2 unspecified atom stereocenters. The molecule has 0 aromatic rings. The van der Waals surface area contributed by atoms with Crippen molar-refractivity contribution in [2.24, 2.45) is 11.8 Å².